The normalized spacial score (nSPS) is 19.0. The van der Waals surface area contributed by atoms with Gasteiger partial charge in [-0.3, -0.25) is 9.59 Å². The van der Waals surface area contributed by atoms with Gasteiger partial charge in [-0.2, -0.15) is 5.10 Å². The number of rotatable bonds is 4. The second-order valence-electron chi connectivity index (χ2n) is 6.69. The summed E-state index contributed by atoms with van der Waals surface area (Å²) in [5, 5.41) is 4.91. The van der Waals surface area contributed by atoms with Crippen LogP contribution in [-0.4, -0.2) is 17.1 Å². The van der Waals surface area contributed by atoms with Crippen molar-refractivity contribution < 1.29 is 4.79 Å². The molecular formula is C21H19N3O2. The molecule has 1 aliphatic carbocycles. The molecule has 1 fully saturated rings. The van der Waals surface area contributed by atoms with Crippen molar-refractivity contribution in [1.29, 1.82) is 0 Å². The lowest BCUT2D eigenvalue weighted by atomic mass is 10.1. The third kappa shape index (κ3) is 3.16. The summed E-state index contributed by atoms with van der Waals surface area (Å²) in [6.07, 6.45) is 2.24. The van der Waals surface area contributed by atoms with Crippen molar-refractivity contribution in [3.05, 3.63) is 81.6 Å². The highest BCUT2D eigenvalue weighted by Crippen LogP contribution is 2.47. The number of pyridine rings is 1. The van der Waals surface area contributed by atoms with Crippen molar-refractivity contribution in [2.24, 2.45) is 11.0 Å². The van der Waals surface area contributed by atoms with Gasteiger partial charge in [-0.25, -0.2) is 5.43 Å². The zero-order valence-corrected chi connectivity index (χ0v) is 14.4. The average molecular weight is 345 g/mol. The van der Waals surface area contributed by atoms with Crippen LogP contribution in [0, 0.1) is 12.8 Å². The van der Waals surface area contributed by atoms with Crippen LogP contribution in [0.2, 0.25) is 0 Å². The number of aromatic amines is 1. The standard InChI is InChI=1S/C21H19N3O2/c1-13-6-5-9-15-10-16(20(25)23-19(13)15)12-22-24-21(26)18-11-17(18)14-7-3-2-4-8-14/h2-10,12,17-18H,11H2,1H3,(H,23,25)(H,24,26)/b22-12+. The summed E-state index contributed by atoms with van der Waals surface area (Å²) in [6, 6.07) is 17.6. The molecule has 5 heteroatoms. The second kappa shape index (κ2) is 6.59. The summed E-state index contributed by atoms with van der Waals surface area (Å²) in [6.45, 7) is 1.95. The van der Waals surface area contributed by atoms with Crippen LogP contribution in [0.1, 0.15) is 29.0 Å². The summed E-state index contributed by atoms with van der Waals surface area (Å²) < 4.78 is 0. The van der Waals surface area contributed by atoms with Crippen LogP contribution in [0.15, 0.2) is 64.5 Å². The number of benzene rings is 2. The largest absolute Gasteiger partial charge is 0.321 e. The van der Waals surface area contributed by atoms with Gasteiger partial charge in [0, 0.05) is 5.92 Å². The van der Waals surface area contributed by atoms with Crippen molar-refractivity contribution in [2.75, 3.05) is 0 Å². The smallest absolute Gasteiger partial charge is 0.257 e. The Morgan fingerprint density at radius 1 is 1.19 bits per heavy atom. The maximum Gasteiger partial charge on any atom is 0.257 e. The highest BCUT2D eigenvalue weighted by Gasteiger charge is 2.43. The van der Waals surface area contributed by atoms with E-state index in [1.54, 1.807) is 6.07 Å². The van der Waals surface area contributed by atoms with Gasteiger partial charge in [0.15, 0.2) is 0 Å². The van der Waals surface area contributed by atoms with Crippen LogP contribution < -0.4 is 11.0 Å². The molecule has 2 N–H and O–H groups in total. The quantitative estimate of drug-likeness (QED) is 0.563. The van der Waals surface area contributed by atoms with Crippen molar-refractivity contribution in [1.82, 2.24) is 10.4 Å². The first kappa shape index (κ1) is 16.3. The van der Waals surface area contributed by atoms with Gasteiger partial charge in [0.1, 0.15) is 0 Å². The summed E-state index contributed by atoms with van der Waals surface area (Å²) in [5.41, 5.74) is 5.76. The Morgan fingerprint density at radius 3 is 2.81 bits per heavy atom. The Bertz CT molecular complexity index is 1050. The molecule has 130 valence electrons. The molecule has 2 aromatic carbocycles. The van der Waals surface area contributed by atoms with E-state index < -0.39 is 0 Å². The van der Waals surface area contributed by atoms with Crippen molar-refractivity contribution in [3.63, 3.8) is 0 Å². The molecule has 3 aromatic rings. The molecule has 1 amide bonds. The van der Waals surface area contributed by atoms with E-state index in [0.717, 1.165) is 22.9 Å². The maximum absolute atomic E-state index is 12.2. The van der Waals surface area contributed by atoms with E-state index in [2.05, 4.69) is 15.5 Å². The summed E-state index contributed by atoms with van der Waals surface area (Å²) in [7, 11) is 0. The molecule has 1 heterocycles. The Labute approximate surface area is 150 Å². The molecular weight excluding hydrogens is 326 g/mol. The third-order valence-electron chi connectivity index (χ3n) is 4.85. The Kier molecular flexibility index (Phi) is 4.13. The minimum Gasteiger partial charge on any atom is -0.321 e. The topological polar surface area (TPSA) is 74.3 Å². The van der Waals surface area contributed by atoms with Crippen LogP contribution in [0.25, 0.3) is 10.9 Å². The molecule has 1 aliphatic rings. The van der Waals surface area contributed by atoms with Gasteiger partial charge in [-0.15, -0.1) is 0 Å². The third-order valence-corrected chi connectivity index (χ3v) is 4.85. The highest BCUT2D eigenvalue weighted by molar-refractivity contribution is 5.90. The molecule has 2 unspecified atom stereocenters. The first-order valence-electron chi connectivity index (χ1n) is 8.64. The van der Waals surface area contributed by atoms with Gasteiger partial charge >= 0.3 is 0 Å². The molecule has 1 aromatic heterocycles. The van der Waals surface area contributed by atoms with E-state index in [9.17, 15) is 9.59 Å². The maximum atomic E-state index is 12.2. The number of para-hydroxylation sites is 1. The summed E-state index contributed by atoms with van der Waals surface area (Å²) in [4.78, 5) is 27.3. The van der Waals surface area contributed by atoms with Gasteiger partial charge in [0.25, 0.3) is 5.56 Å². The lowest BCUT2D eigenvalue weighted by Gasteiger charge is -2.03. The molecule has 0 radical (unpaired) electrons. The fraction of sp³-hybridized carbons (Fsp3) is 0.190. The molecule has 0 spiro atoms. The predicted octanol–water partition coefficient (Wildman–Crippen LogP) is 3.09. The molecule has 26 heavy (non-hydrogen) atoms. The number of carbonyl (C=O) groups excluding carboxylic acids is 1. The van der Waals surface area contributed by atoms with Crippen molar-refractivity contribution >= 4 is 23.0 Å². The number of carbonyl (C=O) groups is 1. The van der Waals surface area contributed by atoms with Gasteiger partial charge in [-0.1, -0.05) is 48.5 Å². The minimum absolute atomic E-state index is 0.0490. The van der Waals surface area contributed by atoms with Crippen molar-refractivity contribution in [2.45, 2.75) is 19.3 Å². The van der Waals surface area contributed by atoms with E-state index in [-0.39, 0.29) is 23.3 Å². The number of H-pyrrole nitrogens is 1. The number of hydrogen-bond donors (Lipinski definition) is 2. The van der Waals surface area contributed by atoms with Crippen LogP contribution in [-0.2, 0) is 4.79 Å². The highest BCUT2D eigenvalue weighted by atomic mass is 16.2. The predicted molar refractivity (Wildman–Crippen MR) is 102 cm³/mol. The van der Waals surface area contributed by atoms with E-state index in [0.29, 0.717) is 5.56 Å². The SMILES string of the molecule is Cc1cccc2cc(/C=N/NC(=O)C3CC3c3ccccc3)c(=O)[nH]c12. The lowest BCUT2D eigenvalue weighted by Crippen LogP contribution is -2.21. The minimum atomic E-state index is -0.224. The van der Waals surface area contributed by atoms with Gasteiger partial charge in [0.2, 0.25) is 5.91 Å². The number of hydrazone groups is 1. The number of nitrogens with zero attached hydrogens (tertiary/aromatic N) is 1. The number of fused-ring (bicyclic) bond motifs is 1. The van der Waals surface area contributed by atoms with E-state index in [1.165, 1.54) is 11.8 Å². The number of nitrogens with one attached hydrogen (secondary N) is 2. The first-order chi connectivity index (χ1) is 12.6. The van der Waals surface area contributed by atoms with Crippen molar-refractivity contribution in [3.8, 4) is 0 Å². The van der Waals surface area contributed by atoms with E-state index in [1.807, 2.05) is 55.5 Å². The summed E-state index contributed by atoms with van der Waals surface area (Å²) in [5.74, 6) is 0.105. The molecule has 4 rings (SSSR count). The van der Waals surface area contributed by atoms with E-state index in [4.69, 9.17) is 0 Å². The number of hydrogen-bond acceptors (Lipinski definition) is 3. The molecule has 1 saturated carbocycles. The van der Waals surface area contributed by atoms with E-state index >= 15 is 0 Å². The second-order valence-corrected chi connectivity index (χ2v) is 6.69. The summed E-state index contributed by atoms with van der Waals surface area (Å²) >= 11 is 0. The number of amides is 1. The monoisotopic (exact) mass is 345 g/mol. The Balaban J connectivity index is 1.44. The number of aryl methyl sites for hydroxylation is 1. The van der Waals surface area contributed by atoms with Crippen LogP contribution in [0.5, 0.6) is 0 Å². The first-order valence-corrected chi connectivity index (χ1v) is 8.64. The Hall–Kier alpha value is -3.21. The average Bonchev–Trinajstić information content (AvgIpc) is 3.45. The fourth-order valence-electron chi connectivity index (χ4n) is 3.30. The fourth-order valence-corrected chi connectivity index (χ4v) is 3.30. The van der Waals surface area contributed by atoms with Gasteiger partial charge < -0.3 is 4.98 Å². The van der Waals surface area contributed by atoms with Crippen LogP contribution >= 0.6 is 0 Å². The Morgan fingerprint density at radius 2 is 2.00 bits per heavy atom. The molecule has 0 saturated heterocycles. The number of aromatic nitrogens is 1. The lowest BCUT2D eigenvalue weighted by molar-refractivity contribution is -0.122. The molecule has 0 bridgehead atoms. The van der Waals surface area contributed by atoms with Gasteiger partial charge in [0.05, 0.1) is 17.3 Å². The zero-order chi connectivity index (χ0) is 18.1. The van der Waals surface area contributed by atoms with Crippen LogP contribution in [0.3, 0.4) is 0 Å². The molecule has 2 atom stereocenters. The van der Waals surface area contributed by atoms with Gasteiger partial charge in [-0.05, 0) is 41.8 Å². The molecule has 5 nitrogen and oxygen atoms in total. The molecule has 0 aliphatic heterocycles. The van der Waals surface area contributed by atoms with Crippen LogP contribution in [0.4, 0.5) is 0 Å². The zero-order valence-electron chi connectivity index (χ0n) is 14.4.